The number of hydrogen-bond donors (Lipinski definition) is 1. The summed E-state index contributed by atoms with van der Waals surface area (Å²) in [6, 6.07) is 10.3. The van der Waals surface area contributed by atoms with Crippen molar-refractivity contribution < 1.29 is 4.79 Å². The molecule has 2 aromatic rings. The summed E-state index contributed by atoms with van der Waals surface area (Å²) in [6.45, 7) is 6.63. The predicted octanol–water partition coefficient (Wildman–Crippen LogP) is 1.65. The molecular formula is C20H23N5O. The number of nitrogens with one attached hydrogen (secondary N) is 1. The Morgan fingerprint density at radius 2 is 2.04 bits per heavy atom. The van der Waals surface area contributed by atoms with Crippen LogP contribution in [0.15, 0.2) is 55.4 Å². The van der Waals surface area contributed by atoms with Crippen LogP contribution in [0.4, 0.5) is 11.6 Å². The minimum atomic E-state index is -0.101. The number of amides is 1. The van der Waals surface area contributed by atoms with Gasteiger partial charge in [0.25, 0.3) is 0 Å². The molecule has 1 amide bonds. The Hall–Kier alpha value is -2.89. The lowest BCUT2D eigenvalue weighted by Gasteiger charge is -2.49. The van der Waals surface area contributed by atoms with Crippen LogP contribution in [0.2, 0.25) is 0 Å². The maximum Gasteiger partial charge on any atom is 0.225 e. The lowest BCUT2D eigenvalue weighted by atomic mass is 9.83. The lowest BCUT2D eigenvalue weighted by Crippen LogP contribution is -2.61. The summed E-state index contributed by atoms with van der Waals surface area (Å²) < 4.78 is 0. The van der Waals surface area contributed by atoms with E-state index in [1.54, 1.807) is 18.5 Å². The van der Waals surface area contributed by atoms with Gasteiger partial charge >= 0.3 is 0 Å². The summed E-state index contributed by atoms with van der Waals surface area (Å²) in [5, 5.41) is 2.99. The smallest absolute Gasteiger partial charge is 0.225 e. The highest BCUT2D eigenvalue weighted by Gasteiger charge is 2.41. The van der Waals surface area contributed by atoms with Crippen LogP contribution in [0.5, 0.6) is 0 Å². The summed E-state index contributed by atoms with van der Waals surface area (Å²) in [5.41, 5.74) is 2.49. The zero-order valence-corrected chi connectivity index (χ0v) is 14.7. The average Bonchev–Trinajstić information content (AvgIpc) is 2.71. The third-order valence-corrected chi connectivity index (χ3v) is 5.22. The fourth-order valence-corrected chi connectivity index (χ4v) is 4.00. The van der Waals surface area contributed by atoms with E-state index in [9.17, 15) is 4.79 Å². The molecule has 2 unspecified atom stereocenters. The van der Waals surface area contributed by atoms with Crippen LogP contribution in [-0.2, 0) is 11.2 Å². The Labute approximate surface area is 153 Å². The topological polar surface area (TPSA) is 61.4 Å². The van der Waals surface area contributed by atoms with E-state index in [0.29, 0.717) is 6.54 Å². The van der Waals surface area contributed by atoms with E-state index in [2.05, 4.69) is 49.9 Å². The Morgan fingerprint density at radius 3 is 2.85 bits per heavy atom. The van der Waals surface area contributed by atoms with Gasteiger partial charge in [-0.2, -0.15) is 0 Å². The predicted molar refractivity (Wildman–Crippen MR) is 102 cm³/mol. The third-order valence-electron chi connectivity index (χ3n) is 5.22. The van der Waals surface area contributed by atoms with Crippen molar-refractivity contribution in [1.29, 1.82) is 0 Å². The van der Waals surface area contributed by atoms with Gasteiger partial charge in [0.15, 0.2) is 0 Å². The van der Waals surface area contributed by atoms with Gasteiger partial charge in [0, 0.05) is 44.3 Å². The van der Waals surface area contributed by atoms with Crippen molar-refractivity contribution in [3.63, 3.8) is 0 Å². The summed E-state index contributed by atoms with van der Waals surface area (Å²) in [5.74, 6) is 0.720. The van der Waals surface area contributed by atoms with E-state index in [0.717, 1.165) is 32.0 Å². The van der Waals surface area contributed by atoms with Crippen LogP contribution >= 0.6 is 0 Å². The van der Waals surface area contributed by atoms with Crippen molar-refractivity contribution in [3.05, 3.63) is 60.9 Å². The van der Waals surface area contributed by atoms with Gasteiger partial charge in [-0.1, -0.05) is 24.3 Å². The average molecular weight is 349 g/mol. The van der Waals surface area contributed by atoms with Gasteiger partial charge in [-0.25, -0.2) is 9.97 Å². The Bertz CT molecular complexity index is 794. The van der Waals surface area contributed by atoms with Crippen LogP contribution < -0.4 is 15.1 Å². The molecule has 26 heavy (non-hydrogen) atoms. The van der Waals surface area contributed by atoms with Crippen molar-refractivity contribution >= 4 is 17.5 Å². The number of rotatable bonds is 4. The molecular weight excluding hydrogens is 326 g/mol. The van der Waals surface area contributed by atoms with E-state index >= 15 is 0 Å². The molecule has 0 radical (unpaired) electrons. The minimum Gasteiger partial charge on any atom is -0.364 e. The van der Waals surface area contributed by atoms with Crippen molar-refractivity contribution in [3.8, 4) is 0 Å². The molecule has 2 atom stereocenters. The maximum absolute atomic E-state index is 12.8. The molecule has 2 aliphatic heterocycles. The fraction of sp³-hybridized carbons (Fsp3) is 0.350. The number of carbonyl (C=O) groups is 1. The van der Waals surface area contributed by atoms with Crippen molar-refractivity contribution in [2.75, 3.05) is 36.0 Å². The highest BCUT2D eigenvalue weighted by molar-refractivity contribution is 5.82. The van der Waals surface area contributed by atoms with E-state index in [-0.39, 0.29) is 17.9 Å². The molecule has 0 aliphatic carbocycles. The minimum absolute atomic E-state index is 0.0882. The molecule has 6 nitrogen and oxygen atoms in total. The zero-order valence-electron chi connectivity index (χ0n) is 14.7. The molecule has 1 saturated heterocycles. The second-order valence-electron chi connectivity index (χ2n) is 6.73. The number of anilines is 2. The first-order valence-corrected chi connectivity index (χ1v) is 9.03. The van der Waals surface area contributed by atoms with Crippen molar-refractivity contribution in [2.45, 2.75) is 12.5 Å². The molecule has 4 rings (SSSR count). The van der Waals surface area contributed by atoms with Gasteiger partial charge in [-0.3, -0.25) is 4.79 Å². The van der Waals surface area contributed by atoms with Crippen LogP contribution in [0.1, 0.15) is 5.56 Å². The number of fused-ring (bicyclic) bond motifs is 3. The number of carbonyl (C=O) groups excluding carboxylic acids is 1. The molecule has 1 aromatic heterocycles. The normalized spacial score (nSPS) is 21.5. The highest BCUT2D eigenvalue weighted by atomic mass is 16.1. The van der Waals surface area contributed by atoms with Crippen LogP contribution in [0, 0.1) is 5.92 Å². The number of piperazine rings is 1. The summed E-state index contributed by atoms with van der Waals surface area (Å²) in [6.07, 6.45) is 6.00. The Balaban J connectivity index is 1.64. The largest absolute Gasteiger partial charge is 0.364 e. The van der Waals surface area contributed by atoms with Crippen molar-refractivity contribution in [1.82, 2.24) is 15.3 Å². The van der Waals surface area contributed by atoms with Gasteiger partial charge in [0.2, 0.25) is 11.9 Å². The SMILES string of the molecule is C=CCNC(=O)C1Cc2ccccc2N2CCN(c3ncccn3)CC12. The van der Waals surface area contributed by atoms with Crippen molar-refractivity contribution in [2.24, 2.45) is 5.92 Å². The molecule has 134 valence electrons. The Kier molecular flexibility index (Phi) is 4.56. The summed E-state index contributed by atoms with van der Waals surface area (Å²) in [7, 11) is 0. The first kappa shape index (κ1) is 16.6. The molecule has 1 N–H and O–H groups in total. The van der Waals surface area contributed by atoms with Gasteiger partial charge in [0.1, 0.15) is 0 Å². The number of aromatic nitrogens is 2. The zero-order chi connectivity index (χ0) is 17.9. The van der Waals surface area contributed by atoms with Gasteiger partial charge in [0.05, 0.1) is 12.0 Å². The molecule has 3 heterocycles. The van der Waals surface area contributed by atoms with E-state index < -0.39 is 0 Å². The molecule has 1 aromatic carbocycles. The second-order valence-corrected chi connectivity index (χ2v) is 6.73. The van der Waals surface area contributed by atoms with Crippen LogP contribution in [0.3, 0.4) is 0 Å². The number of nitrogens with zero attached hydrogens (tertiary/aromatic N) is 4. The standard InChI is InChI=1S/C20H23N5O/c1-2-8-21-19(26)16-13-15-6-3-4-7-17(15)25-12-11-24(14-18(16)25)20-22-9-5-10-23-20/h2-7,9-10,16,18H,1,8,11-14H2,(H,21,26). The molecule has 2 aliphatic rings. The molecule has 0 saturated carbocycles. The number of hydrogen-bond acceptors (Lipinski definition) is 5. The summed E-state index contributed by atoms with van der Waals surface area (Å²) in [4.78, 5) is 26.2. The second kappa shape index (κ2) is 7.15. The number of para-hydroxylation sites is 1. The van der Waals surface area contributed by atoms with Crippen LogP contribution in [-0.4, -0.2) is 48.1 Å². The first-order chi connectivity index (χ1) is 12.8. The molecule has 0 spiro atoms. The lowest BCUT2D eigenvalue weighted by molar-refractivity contribution is -0.125. The number of benzene rings is 1. The molecule has 1 fully saturated rings. The van der Waals surface area contributed by atoms with E-state index in [1.165, 1.54) is 11.3 Å². The van der Waals surface area contributed by atoms with Gasteiger partial charge in [-0.05, 0) is 24.1 Å². The van der Waals surface area contributed by atoms with Gasteiger partial charge < -0.3 is 15.1 Å². The van der Waals surface area contributed by atoms with E-state index in [1.807, 2.05) is 12.1 Å². The van der Waals surface area contributed by atoms with E-state index in [4.69, 9.17) is 0 Å². The maximum atomic E-state index is 12.8. The van der Waals surface area contributed by atoms with Crippen LogP contribution in [0.25, 0.3) is 0 Å². The molecule has 0 bridgehead atoms. The quantitative estimate of drug-likeness (QED) is 0.851. The fourth-order valence-electron chi connectivity index (χ4n) is 4.00. The third kappa shape index (κ3) is 3.03. The first-order valence-electron chi connectivity index (χ1n) is 9.03. The highest BCUT2D eigenvalue weighted by Crippen LogP contribution is 2.36. The Morgan fingerprint density at radius 1 is 1.23 bits per heavy atom. The van der Waals surface area contributed by atoms with Gasteiger partial charge in [-0.15, -0.1) is 6.58 Å². The summed E-state index contributed by atoms with van der Waals surface area (Å²) >= 11 is 0. The molecule has 6 heteroatoms. The monoisotopic (exact) mass is 349 g/mol.